The SMILES string of the molecule is Cc1cn(C)c(NCc2cccc(C(F)(F)F)c2)n1. The molecular formula is C13H14F3N3. The number of hydrogen-bond acceptors (Lipinski definition) is 2. The van der Waals surface area contributed by atoms with Crippen LogP contribution < -0.4 is 5.32 Å². The van der Waals surface area contributed by atoms with Crippen molar-refractivity contribution in [2.45, 2.75) is 19.6 Å². The Hall–Kier alpha value is -1.98. The van der Waals surface area contributed by atoms with Crippen LogP contribution in [0.4, 0.5) is 19.1 Å². The highest BCUT2D eigenvalue weighted by Gasteiger charge is 2.30. The molecule has 3 nitrogen and oxygen atoms in total. The molecule has 0 unspecified atom stereocenters. The zero-order chi connectivity index (χ0) is 14.0. The number of aryl methyl sites for hydroxylation is 2. The Kier molecular flexibility index (Phi) is 3.50. The Morgan fingerprint density at radius 2 is 2.05 bits per heavy atom. The fourth-order valence-electron chi connectivity index (χ4n) is 1.82. The summed E-state index contributed by atoms with van der Waals surface area (Å²) < 4.78 is 39.5. The van der Waals surface area contributed by atoms with Crippen LogP contribution in [-0.2, 0) is 19.8 Å². The van der Waals surface area contributed by atoms with E-state index in [4.69, 9.17) is 0 Å². The summed E-state index contributed by atoms with van der Waals surface area (Å²) in [7, 11) is 1.83. The first-order chi connectivity index (χ1) is 8.86. The Balaban J connectivity index is 2.10. The van der Waals surface area contributed by atoms with E-state index in [1.807, 2.05) is 20.2 Å². The molecule has 0 saturated carbocycles. The normalized spacial score (nSPS) is 11.6. The third kappa shape index (κ3) is 3.27. The molecular weight excluding hydrogens is 255 g/mol. The number of nitrogens with one attached hydrogen (secondary N) is 1. The lowest BCUT2D eigenvalue weighted by atomic mass is 10.1. The molecule has 2 aromatic rings. The third-order valence-corrected chi connectivity index (χ3v) is 2.70. The highest BCUT2D eigenvalue weighted by Crippen LogP contribution is 2.29. The summed E-state index contributed by atoms with van der Waals surface area (Å²) in [6.07, 6.45) is -2.47. The third-order valence-electron chi connectivity index (χ3n) is 2.70. The zero-order valence-electron chi connectivity index (χ0n) is 10.6. The minimum Gasteiger partial charge on any atom is -0.352 e. The highest BCUT2D eigenvalue weighted by atomic mass is 19.4. The number of anilines is 1. The van der Waals surface area contributed by atoms with Gasteiger partial charge in [-0.3, -0.25) is 0 Å². The number of nitrogens with zero attached hydrogens (tertiary/aromatic N) is 2. The number of hydrogen-bond donors (Lipinski definition) is 1. The van der Waals surface area contributed by atoms with Gasteiger partial charge in [0.05, 0.1) is 11.3 Å². The van der Waals surface area contributed by atoms with Gasteiger partial charge in [-0.15, -0.1) is 0 Å². The lowest BCUT2D eigenvalue weighted by molar-refractivity contribution is -0.137. The van der Waals surface area contributed by atoms with Gasteiger partial charge in [0.1, 0.15) is 0 Å². The standard InChI is InChI=1S/C13H14F3N3/c1-9-8-19(2)12(18-9)17-7-10-4-3-5-11(6-10)13(14,15)16/h3-6,8H,7H2,1-2H3,(H,17,18). The average Bonchev–Trinajstić information content (AvgIpc) is 2.64. The molecule has 0 saturated heterocycles. The second-order valence-electron chi connectivity index (χ2n) is 4.37. The highest BCUT2D eigenvalue weighted by molar-refractivity contribution is 5.32. The van der Waals surface area contributed by atoms with Crippen molar-refractivity contribution in [3.63, 3.8) is 0 Å². The molecule has 0 aliphatic rings. The van der Waals surface area contributed by atoms with Crippen molar-refractivity contribution in [2.24, 2.45) is 7.05 Å². The fourth-order valence-corrected chi connectivity index (χ4v) is 1.82. The summed E-state index contributed by atoms with van der Waals surface area (Å²) in [5.41, 5.74) is 0.785. The Labute approximate surface area is 109 Å². The molecule has 0 radical (unpaired) electrons. The first kappa shape index (κ1) is 13.5. The lowest BCUT2D eigenvalue weighted by Crippen LogP contribution is -2.08. The van der Waals surface area contributed by atoms with Crippen LogP contribution in [-0.4, -0.2) is 9.55 Å². The molecule has 19 heavy (non-hydrogen) atoms. The van der Waals surface area contributed by atoms with E-state index in [1.54, 1.807) is 10.6 Å². The first-order valence-corrected chi connectivity index (χ1v) is 5.76. The predicted molar refractivity (Wildman–Crippen MR) is 66.7 cm³/mol. The molecule has 1 aromatic heterocycles. The predicted octanol–water partition coefficient (Wildman–Crippen LogP) is 3.36. The minimum absolute atomic E-state index is 0.300. The molecule has 102 valence electrons. The molecule has 0 aliphatic heterocycles. The Bertz CT molecular complexity index is 573. The van der Waals surface area contributed by atoms with E-state index in [0.29, 0.717) is 18.1 Å². The number of alkyl halides is 3. The van der Waals surface area contributed by atoms with Crippen LogP contribution in [0, 0.1) is 6.92 Å². The molecule has 0 atom stereocenters. The molecule has 0 fully saturated rings. The van der Waals surface area contributed by atoms with Gasteiger partial charge in [0.2, 0.25) is 5.95 Å². The lowest BCUT2D eigenvalue weighted by Gasteiger charge is -2.10. The van der Waals surface area contributed by atoms with Crippen LogP contribution in [0.15, 0.2) is 30.5 Å². The smallest absolute Gasteiger partial charge is 0.352 e. The van der Waals surface area contributed by atoms with Crippen molar-refractivity contribution in [3.8, 4) is 0 Å². The number of halogens is 3. The van der Waals surface area contributed by atoms with Crippen LogP contribution in [0.2, 0.25) is 0 Å². The maximum absolute atomic E-state index is 12.6. The van der Waals surface area contributed by atoms with Gasteiger partial charge in [-0.05, 0) is 24.6 Å². The van der Waals surface area contributed by atoms with Gasteiger partial charge in [-0.2, -0.15) is 13.2 Å². The molecule has 0 aliphatic carbocycles. The van der Waals surface area contributed by atoms with Crippen LogP contribution >= 0.6 is 0 Å². The van der Waals surface area contributed by atoms with Crippen molar-refractivity contribution in [1.82, 2.24) is 9.55 Å². The summed E-state index contributed by atoms with van der Waals surface area (Å²) in [4.78, 5) is 4.23. The second kappa shape index (κ2) is 4.95. The monoisotopic (exact) mass is 269 g/mol. The van der Waals surface area contributed by atoms with E-state index in [9.17, 15) is 13.2 Å². The fraction of sp³-hybridized carbons (Fsp3) is 0.308. The molecule has 2 rings (SSSR count). The summed E-state index contributed by atoms with van der Waals surface area (Å²) in [5.74, 6) is 0.634. The van der Waals surface area contributed by atoms with Crippen LogP contribution in [0.5, 0.6) is 0 Å². The first-order valence-electron chi connectivity index (χ1n) is 5.76. The molecule has 1 heterocycles. The number of benzene rings is 1. The Morgan fingerprint density at radius 3 is 2.63 bits per heavy atom. The van der Waals surface area contributed by atoms with Gasteiger partial charge < -0.3 is 9.88 Å². The number of aromatic nitrogens is 2. The molecule has 0 spiro atoms. The second-order valence-corrected chi connectivity index (χ2v) is 4.37. The Morgan fingerprint density at radius 1 is 1.32 bits per heavy atom. The molecule has 6 heteroatoms. The van der Waals surface area contributed by atoms with E-state index in [2.05, 4.69) is 10.3 Å². The van der Waals surface area contributed by atoms with Gasteiger partial charge in [0, 0.05) is 19.8 Å². The van der Waals surface area contributed by atoms with Gasteiger partial charge in [0.15, 0.2) is 0 Å². The molecule has 1 N–H and O–H groups in total. The van der Waals surface area contributed by atoms with Crippen molar-refractivity contribution >= 4 is 5.95 Å². The van der Waals surface area contributed by atoms with Gasteiger partial charge >= 0.3 is 6.18 Å². The summed E-state index contributed by atoms with van der Waals surface area (Å²) in [6.45, 7) is 2.16. The van der Waals surface area contributed by atoms with E-state index < -0.39 is 11.7 Å². The van der Waals surface area contributed by atoms with Gasteiger partial charge in [-0.25, -0.2) is 4.98 Å². The van der Waals surface area contributed by atoms with Crippen LogP contribution in [0.1, 0.15) is 16.8 Å². The van der Waals surface area contributed by atoms with Crippen molar-refractivity contribution in [1.29, 1.82) is 0 Å². The van der Waals surface area contributed by atoms with E-state index in [1.165, 1.54) is 6.07 Å². The van der Waals surface area contributed by atoms with Crippen molar-refractivity contribution < 1.29 is 13.2 Å². The van der Waals surface area contributed by atoms with Crippen LogP contribution in [0.3, 0.4) is 0 Å². The molecule has 0 bridgehead atoms. The summed E-state index contributed by atoms with van der Waals surface area (Å²) in [6, 6.07) is 5.26. The number of imidazole rings is 1. The van der Waals surface area contributed by atoms with Crippen molar-refractivity contribution in [3.05, 3.63) is 47.3 Å². The van der Waals surface area contributed by atoms with Crippen molar-refractivity contribution in [2.75, 3.05) is 5.32 Å². The maximum atomic E-state index is 12.6. The average molecular weight is 269 g/mol. The largest absolute Gasteiger partial charge is 0.416 e. The molecule has 0 amide bonds. The summed E-state index contributed by atoms with van der Waals surface area (Å²) >= 11 is 0. The van der Waals surface area contributed by atoms with E-state index in [-0.39, 0.29) is 0 Å². The summed E-state index contributed by atoms with van der Waals surface area (Å²) in [5, 5.41) is 3.01. The quantitative estimate of drug-likeness (QED) is 0.926. The van der Waals surface area contributed by atoms with E-state index >= 15 is 0 Å². The van der Waals surface area contributed by atoms with Crippen LogP contribution in [0.25, 0.3) is 0 Å². The van der Waals surface area contributed by atoms with Gasteiger partial charge in [0.25, 0.3) is 0 Å². The zero-order valence-corrected chi connectivity index (χ0v) is 10.6. The maximum Gasteiger partial charge on any atom is 0.416 e. The molecule has 1 aromatic carbocycles. The number of rotatable bonds is 3. The topological polar surface area (TPSA) is 29.9 Å². The van der Waals surface area contributed by atoms with E-state index in [0.717, 1.165) is 17.8 Å². The minimum atomic E-state index is -4.31. The van der Waals surface area contributed by atoms with Gasteiger partial charge in [-0.1, -0.05) is 12.1 Å².